The zero-order chi connectivity index (χ0) is 16.2. The number of nitrogens with zero attached hydrogens (tertiary/aromatic N) is 1. The first-order chi connectivity index (χ1) is 11.2. The van der Waals surface area contributed by atoms with Crippen LogP contribution in [0.15, 0.2) is 24.3 Å². The van der Waals surface area contributed by atoms with Gasteiger partial charge in [0.25, 0.3) is 5.91 Å². The molecule has 0 unspecified atom stereocenters. The number of hydrogen-bond donors (Lipinski definition) is 1. The zero-order valence-corrected chi connectivity index (χ0v) is 13.6. The molecule has 124 valence electrons. The van der Waals surface area contributed by atoms with E-state index in [9.17, 15) is 9.59 Å². The van der Waals surface area contributed by atoms with Crippen LogP contribution < -0.4 is 5.32 Å². The molecule has 1 saturated carbocycles. The SMILES string of the molecule is COCCN1C[C@H](Cc2ccc(C(=O)NC3CC3)cc2)CC1=O. The lowest BCUT2D eigenvalue weighted by Gasteiger charge is -2.16. The van der Waals surface area contributed by atoms with Gasteiger partial charge in [0.05, 0.1) is 6.61 Å². The molecule has 23 heavy (non-hydrogen) atoms. The van der Waals surface area contributed by atoms with Crippen molar-refractivity contribution in [1.82, 2.24) is 10.2 Å². The quantitative estimate of drug-likeness (QED) is 0.831. The summed E-state index contributed by atoms with van der Waals surface area (Å²) in [6, 6.07) is 8.15. The summed E-state index contributed by atoms with van der Waals surface area (Å²) in [6.07, 6.45) is 3.67. The molecule has 1 N–H and O–H groups in total. The number of carbonyl (C=O) groups is 2. The Morgan fingerprint density at radius 1 is 1.30 bits per heavy atom. The van der Waals surface area contributed by atoms with Crippen LogP contribution >= 0.6 is 0 Å². The van der Waals surface area contributed by atoms with E-state index in [1.54, 1.807) is 7.11 Å². The average molecular weight is 316 g/mol. The molecule has 1 aliphatic heterocycles. The van der Waals surface area contributed by atoms with Gasteiger partial charge in [0.15, 0.2) is 0 Å². The summed E-state index contributed by atoms with van der Waals surface area (Å²) in [5.41, 5.74) is 1.89. The molecule has 2 aliphatic rings. The Bertz CT molecular complexity index is 566. The van der Waals surface area contributed by atoms with E-state index >= 15 is 0 Å². The minimum atomic E-state index is 0.0147. The van der Waals surface area contributed by atoms with Crippen LogP contribution in [-0.2, 0) is 16.0 Å². The molecule has 5 heteroatoms. The van der Waals surface area contributed by atoms with Gasteiger partial charge in [-0.2, -0.15) is 0 Å². The average Bonchev–Trinajstić information content (AvgIpc) is 3.29. The maximum atomic E-state index is 12.0. The highest BCUT2D eigenvalue weighted by Gasteiger charge is 2.29. The maximum Gasteiger partial charge on any atom is 0.251 e. The van der Waals surface area contributed by atoms with Crippen LogP contribution in [0, 0.1) is 5.92 Å². The third kappa shape index (κ3) is 4.32. The second-order valence-corrected chi connectivity index (χ2v) is 6.55. The molecule has 2 amide bonds. The number of carbonyl (C=O) groups excluding carboxylic acids is 2. The van der Waals surface area contributed by atoms with Crippen molar-refractivity contribution in [2.75, 3.05) is 26.8 Å². The molecule has 1 aromatic carbocycles. The number of nitrogens with one attached hydrogen (secondary N) is 1. The van der Waals surface area contributed by atoms with E-state index in [2.05, 4.69) is 5.32 Å². The normalized spacial score (nSPS) is 20.8. The van der Waals surface area contributed by atoms with Crippen molar-refractivity contribution < 1.29 is 14.3 Å². The molecule has 1 aliphatic carbocycles. The van der Waals surface area contributed by atoms with Crippen LogP contribution in [-0.4, -0.2) is 49.6 Å². The van der Waals surface area contributed by atoms with Gasteiger partial charge in [0.2, 0.25) is 5.91 Å². The molecule has 1 atom stereocenters. The van der Waals surface area contributed by atoms with E-state index in [4.69, 9.17) is 4.74 Å². The number of likely N-dealkylation sites (tertiary alicyclic amines) is 1. The number of rotatable bonds is 7. The van der Waals surface area contributed by atoms with Gasteiger partial charge in [0, 0.05) is 38.2 Å². The van der Waals surface area contributed by atoms with Gasteiger partial charge in [-0.25, -0.2) is 0 Å². The molecule has 0 aromatic heterocycles. The Hall–Kier alpha value is -1.88. The van der Waals surface area contributed by atoms with E-state index in [0.29, 0.717) is 37.1 Å². The Kier molecular flexibility index (Phi) is 4.96. The first kappa shape index (κ1) is 16.0. The van der Waals surface area contributed by atoms with Gasteiger partial charge in [-0.3, -0.25) is 9.59 Å². The van der Waals surface area contributed by atoms with Crippen molar-refractivity contribution in [3.8, 4) is 0 Å². The van der Waals surface area contributed by atoms with Crippen molar-refractivity contribution in [2.24, 2.45) is 5.92 Å². The van der Waals surface area contributed by atoms with Crippen LogP contribution in [0.1, 0.15) is 35.2 Å². The number of ether oxygens (including phenoxy) is 1. The highest BCUT2D eigenvalue weighted by Crippen LogP contribution is 2.23. The van der Waals surface area contributed by atoms with Crippen LogP contribution in [0.4, 0.5) is 0 Å². The summed E-state index contributed by atoms with van der Waals surface area (Å²) in [7, 11) is 1.65. The lowest BCUT2D eigenvalue weighted by molar-refractivity contribution is -0.128. The minimum Gasteiger partial charge on any atom is -0.383 e. The summed E-state index contributed by atoms with van der Waals surface area (Å²) in [4.78, 5) is 25.8. The topological polar surface area (TPSA) is 58.6 Å². The fourth-order valence-corrected chi connectivity index (χ4v) is 3.03. The van der Waals surface area contributed by atoms with Crippen molar-refractivity contribution in [2.45, 2.75) is 31.7 Å². The number of methoxy groups -OCH3 is 1. The van der Waals surface area contributed by atoms with Gasteiger partial charge < -0.3 is 15.0 Å². The molecule has 2 fully saturated rings. The molecule has 5 nitrogen and oxygen atoms in total. The predicted octanol–water partition coefficient (Wildman–Crippen LogP) is 1.62. The van der Waals surface area contributed by atoms with E-state index in [0.717, 1.165) is 25.8 Å². The van der Waals surface area contributed by atoms with E-state index in [1.807, 2.05) is 29.2 Å². The molecule has 0 radical (unpaired) electrons. The monoisotopic (exact) mass is 316 g/mol. The van der Waals surface area contributed by atoms with E-state index in [-0.39, 0.29) is 11.8 Å². The Labute approximate surface area is 137 Å². The highest BCUT2D eigenvalue weighted by atomic mass is 16.5. The summed E-state index contributed by atoms with van der Waals surface area (Å²) in [5, 5.41) is 2.99. The third-order valence-electron chi connectivity index (χ3n) is 4.51. The van der Waals surface area contributed by atoms with Crippen molar-refractivity contribution >= 4 is 11.8 Å². The minimum absolute atomic E-state index is 0.0147. The molecule has 1 aromatic rings. The second-order valence-electron chi connectivity index (χ2n) is 6.55. The Morgan fingerprint density at radius 3 is 2.70 bits per heavy atom. The summed E-state index contributed by atoms with van der Waals surface area (Å²) in [5.74, 6) is 0.582. The van der Waals surface area contributed by atoms with Gasteiger partial charge >= 0.3 is 0 Å². The van der Waals surface area contributed by atoms with E-state index < -0.39 is 0 Å². The number of benzene rings is 1. The molecule has 3 rings (SSSR count). The van der Waals surface area contributed by atoms with Crippen molar-refractivity contribution in [1.29, 1.82) is 0 Å². The van der Waals surface area contributed by atoms with Crippen molar-refractivity contribution in [3.05, 3.63) is 35.4 Å². The standard InChI is InChI=1S/C18H24N2O3/c1-23-9-8-20-12-14(11-17(20)21)10-13-2-4-15(5-3-13)18(22)19-16-6-7-16/h2-5,14,16H,6-12H2,1H3,(H,19,22)/t14-/m1/s1. The van der Waals surface area contributed by atoms with Gasteiger partial charge in [-0.1, -0.05) is 12.1 Å². The lowest BCUT2D eigenvalue weighted by atomic mass is 9.97. The van der Waals surface area contributed by atoms with Crippen LogP contribution in [0.25, 0.3) is 0 Å². The summed E-state index contributed by atoms with van der Waals surface area (Å²) in [6.45, 7) is 2.06. The molecule has 1 saturated heterocycles. The van der Waals surface area contributed by atoms with Crippen LogP contribution in [0.3, 0.4) is 0 Å². The van der Waals surface area contributed by atoms with Gasteiger partial charge in [-0.05, 0) is 42.9 Å². The molecule has 0 bridgehead atoms. The van der Waals surface area contributed by atoms with Crippen LogP contribution in [0.2, 0.25) is 0 Å². The summed E-state index contributed by atoms with van der Waals surface area (Å²) < 4.78 is 5.04. The fraction of sp³-hybridized carbons (Fsp3) is 0.556. The first-order valence-electron chi connectivity index (χ1n) is 8.32. The van der Waals surface area contributed by atoms with Gasteiger partial charge in [0.1, 0.15) is 0 Å². The number of amides is 2. The number of hydrogen-bond acceptors (Lipinski definition) is 3. The largest absolute Gasteiger partial charge is 0.383 e. The highest BCUT2D eigenvalue weighted by molar-refractivity contribution is 5.94. The molecular formula is C18H24N2O3. The maximum absolute atomic E-state index is 12.0. The molecule has 1 heterocycles. The first-order valence-corrected chi connectivity index (χ1v) is 8.32. The smallest absolute Gasteiger partial charge is 0.251 e. The second kappa shape index (κ2) is 7.13. The summed E-state index contributed by atoms with van der Waals surface area (Å²) >= 11 is 0. The lowest BCUT2D eigenvalue weighted by Crippen LogP contribution is -2.28. The predicted molar refractivity (Wildman–Crippen MR) is 87.2 cm³/mol. The fourth-order valence-electron chi connectivity index (χ4n) is 3.03. The zero-order valence-electron chi connectivity index (χ0n) is 13.6. The van der Waals surface area contributed by atoms with E-state index in [1.165, 1.54) is 5.56 Å². The third-order valence-corrected chi connectivity index (χ3v) is 4.51. The van der Waals surface area contributed by atoms with Crippen molar-refractivity contribution in [3.63, 3.8) is 0 Å². The molecule has 0 spiro atoms. The van der Waals surface area contributed by atoms with Gasteiger partial charge in [-0.15, -0.1) is 0 Å². The van der Waals surface area contributed by atoms with Crippen LogP contribution in [0.5, 0.6) is 0 Å². The Morgan fingerprint density at radius 2 is 2.04 bits per heavy atom. The molecular weight excluding hydrogens is 292 g/mol. The Balaban J connectivity index is 1.52.